The first kappa shape index (κ1) is 15.1. The molecule has 0 saturated carbocycles. The lowest BCUT2D eigenvalue weighted by atomic mass is 9.94. The largest absolute Gasteiger partial charge is 0.496 e. The van der Waals surface area contributed by atoms with Crippen LogP contribution in [0.3, 0.4) is 0 Å². The van der Waals surface area contributed by atoms with Crippen molar-refractivity contribution in [3.63, 3.8) is 0 Å². The number of rotatable bonds is 4. The summed E-state index contributed by atoms with van der Waals surface area (Å²) in [6, 6.07) is 12.4. The molecule has 0 bridgehead atoms. The van der Waals surface area contributed by atoms with Gasteiger partial charge in [0.2, 0.25) is 0 Å². The highest BCUT2D eigenvalue weighted by Gasteiger charge is 2.12. The van der Waals surface area contributed by atoms with Crippen LogP contribution in [0.1, 0.15) is 28.3 Å². The maximum absolute atomic E-state index is 6.37. The Bertz CT molecular complexity index is 610. The number of hydrogen-bond donors (Lipinski definition) is 1. The molecule has 0 aliphatic heterocycles. The first-order chi connectivity index (χ1) is 9.52. The smallest absolute Gasteiger partial charge is 0.133 e. The van der Waals surface area contributed by atoms with Crippen molar-refractivity contribution < 1.29 is 4.74 Å². The second-order valence-corrected chi connectivity index (χ2v) is 5.92. The fourth-order valence-corrected chi connectivity index (χ4v) is 2.96. The molecule has 0 heterocycles. The zero-order chi connectivity index (χ0) is 14.7. The lowest BCUT2D eigenvalue weighted by Gasteiger charge is -2.17. The van der Waals surface area contributed by atoms with Crippen LogP contribution in [0.25, 0.3) is 0 Å². The van der Waals surface area contributed by atoms with Crippen molar-refractivity contribution in [1.29, 1.82) is 0 Å². The second kappa shape index (κ2) is 6.42. The van der Waals surface area contributed by atoms with Crippen molar-refractivity contribution in [1.82, 2.24) is 0 Å². The van der Waals surface area contributed by atoms with E-state index in [0.717, 1.165) is 16.6 Å². The average molecular weight is 334 g/mol. The van der Waals surface area contributed by atoms with Gasteiger partial charge >= 0.3 is 0 Å². The number of ether oxygens (including phenoxy) is 1. The quantitative estimate of drug-likeness (QED) is 0.904. The molecule has 2 N–H and O–H groups in total. The van der Waals surface area contributed by atoms with E-state index < -0.39 is 0 Å². The first-order valence-electron chi connectivity index (χ1n) is 6.67. The molecule has 0 spiro atoms. The van der Waals surface area contributed by atoms with Crippen LogP contribution in [-0.4, -0.2) is 7.11 Å². The minimum atomic E-state index is 0.00944. The minimum absolute atomic E-state index is 0.00944. The van der Waals surface area contributed by atoms with Gasteiger partial charge in [-0.25, -0.2) is 0 Å². The summed E-state index contributed by atoms with van der Waals surface area (Å²) in [6.07, 6.45) is 0.812. The summed E-state index contributed by atoms with van der Waals surface area (Å²) in [5.41, 5.74) is 11.4. The molecule has 0 aromatic heterocycles. The summed E-state index contributed by atoms with van der Waals surface area (Å²) in [4.78, 5) is 0. The van der Waals surface area contributed by atoms with Gasteiger partial charge in [0.25, 0.3) is 0 Å². The topological polar surface area (TPSA) is 35.2 Å². The number of halogens is 1. The molecule has 0 saturated heterocycles. The number of hydrogen-bond acceptors (Lipinski definition) is 2. The average Bonchev–Trinajstić information content (AvgIpc) is 2.42. The van der Waals surface area contributed by atoms with Crippen molar-refractivity contribution in [3.8, 4) is 5.75 Å². The second-order valence-electron chi connectivity index (χ2n) is 5.07. The molecule has 0 radical (unpaired) electrons. The molecule has 106 valence electrons. The number of benzene rings is 2. The molecule has 0 aliphatic carbocycles. The van der Waals surface area contributed by atoms with E-state index >= 15 is 0 Å². The predicted molar refractivity (Wildman–Crippen MR) is 87.2 cm³/mol. The molecule has 0 aliphatic rings. The third-order valence-corrected chi connectivity index (χ3v) is 4.34. The summed E-state index contributed by atoms with van der Waals surface area (Å²) in [6.45, 7) is 4.25. The van der Waals surface area contributed by atoms with E-state index in [2.05, 4.69) is 60.1 Å². The molecule has 0 amide bonds. The van der Waals surface area contributed by atoms with Gasteiger partial charge in [-0.2, -0.15) is 0 Å². The molecule has 3 heteroatoms. The van der Waals surface area contributed by atoms with Crippen LogP contribution in [0.5, 0.6) is 5.75 Å². The monoisotopic (exact) mass is 333 g/mol. The van der Waals surface area contributed by atoms with Crippen molar-refractivity contribution in [2.45, 2.75) is 26.3 Å². The summed E-state index contributed by atoms with van der Waals surface area (Å²) < 4.78 is 6.21. The normalized spacial score (nSPS) is 12.2. The lowest BCUT2D eigenvalue weighted by molar-refractivity contribution is 0.412. The van der Waals surface area contributed by atoms with Crippen molar-refractivity contribution >= 4 is 15.9 Å². The van der Waals surface area contributed by atoms with E-state index in [-0.39, 0.29) is 6.04 Å². The van der Waals surface area contributed by atoms with E-state index in [1.54, 1.807) is 7.11 Å². The van der Waals surface area contributed by atoms with Gasteiger partial charge in [-0.15, -0.1) is 0 Å². The van der Waals surface area contributed by atoms with Gasteiger partial charge in [-0.1, -0.05) is 24.3 Å². The maximum atomic E-state index is 6.37. The van der Waals surface area contributed by atoms with E-state index in [0.29, 0.717) is 0 Å². The predicted octanol–water partition coefficient (Wildman–Crippen LogP) is 4.32. The molecule has 20 heavy (non-hydrogen) atoms. The highest BCUT2D eigenvalue weighted by Crippen LogP contribution is 2.28. The zero-order valence-corrected chi connectivity index (χ0v) is 13.7. The molecule has 1 atom stereocenters. The highest BCUT2D eigenvalue weighted by atomic mass is 79.9. The van der Waals surface area contributed by atoms with Crippen molar-refractivity contribution in [3.05, 3.63) is 63.1 Å². The fourth-order valence-electron chi connectivity index (χ4n) is 2.38. The van der Waals surface area contributed by atoms with Crippen LogP contribution in [0, 0.1) is 13.8 Å². The SMILES string of the molecule is COc1ccc(CC(N)c2cccc(C)c2C)cc1Br. The molecular weight excluding hydrogens is 314 g/mol. The third-order valence-electron chi connectivity index (χ3n) is 3.72. The van der Waals surface area contributed by atoms with Crippen LogP contribution in [0.2, 0.25) is 0 Å². The molecule has 2 aromatic carbocycles. The molecule has 2 nitrogen and oxygen atoms in total. The minimum Gasteiger partial charge on any atom is -0.496 e. The van der Waals surface area contributed by atoms with Gasteiger partial charge in [0.05, 0.1) is 11.6 Å². The standard InChI is InChI=1S/C17H20BrNO/c1-11-5-4-6-14(12(11)2)16(19)10-13-7-8-17(20-3)15(18)9-13/h4-9,16H,10,19H2,1-3H3. The number of nitrogens with two attached hydrogens (primary N) is 1. The van der Waals surface area contributed by atoms with Crippen LogP contribution in [-0.2, 0) is 6.42 Å². The van der Waals surface area contributed by atoms with Crippen LogP contribution < -0.4 is 10.5 Å². The molecule has 1 unspecified atom stereocenters. The number of aryl methyl sites for hydroxylation is 1. The number of methoxy groups -OCH3 is 1. The van der Waals surface area contributed by atoms with E-state index in [1.165, 1.54) is 22.3 Å². The van der Waals surface area contributed by atoms with Crippen LogP contribution in [0.15, 0.2) is 40.9 Å². The highest BCUT2D eigenvalue weighted by molar-refractivity contribution is 9.10. The lowest BCUT2D eigenvalue weighted by Crippen LogP contribution is -2.15. The Morgan fingerprint density at radius 3 is 2.60 bits per heavy atom. The first-order valence-corrected chi connectivity index (χ1v) is 7.46. The van der Waals surface area contributed by atoms with Crippen LogP contribution in [0.4, 0.5) is 0 Å². The van der Waals surface area contributed by atoms with Crippen LogP contribution >= 0.6 is 15.9 Å². The molecule has 2 rings (SSSR count). The summed E-state index contributed by atoms with van der Waals surface area (Å²) in [5.74, 6) is 0.842. The Balaban J connectivity index is 2.21. The Hall–Kier alpha value is -1.32. The van der Waals surface area contributed by atoms with E-state index in [9.17, 15) is 0 Å². The van der Waals surface area contributed by atoms with Crippen molar-refractivity contribution in [2.24, 2.45) is 5.73 Å². The van der Waals surface area contributed by atoms with Gasteiger partial charge in [-0.3, -0.25) is 0 Å². The van der Waals surface area contributed by atoms with Gasteiger partial charge in [0.1, 0.15) is 5.75 Å². The van der Waals surface area contributed by atoms with Gasteiger partial charge in [0.15, 0.2) is 0 Å². The third kappa shape index (κ3) is 3.22. The van der Waals surface area contributed by atoms with E-state index in [1.807, 2.05) is 6.07 Å². The Morgan fingerprint density at radius 1 is 1.20 bits per heavy atom. The fraction of sp³-hybridized carbons (Fsp3) is 0.294. The summed E-state index contributed by atoms with van der Waals surface area (Å²) >= 11 is 3.51. The molecule has 2 aromatic rings. The van der Waals surface area contributed by atoms with Gasteiger partial charge in [0, 0.05) is 6.04 Å². The Kier molecular flexibility index (Phi) is 4.84. The van der Waals surface area contributed by atoms with Crippen molar-refractivity contribution in [2.75, 3.05) is 7.11 Å². The Morgan fingerprint density at radius 2 is 1.95 bits per heavy atom. The summed E-state index contributed by atoms with van der Waals surface area (Å²) in [5, 5.41) is 0. The summed E-state index contributed by atoms with van der Waals surface area (Å²) in [7, 11) is 1.67. The van der Waals surface area contributed by atoms with E-state index in [4.69, 9.17) is 10.5 Å². The molecular formula is C17H20BrNO. The maximum Gasteiger partial charge on any atom is 0.133 e. The van der Waals surface area contributed by atoms with Gasteiger partial charge < -0.3 is 10.5 Å². The molecule has 0 fully saturated rings. The Labute approximate surface area is 129 Å². The zero-order valence-electron chi connectivity index (χ0n) is 12.1. The van der Waals surface area contributed by atoms with Gasteiger partial charge in [-0.05, 0) is 70.6 Å².